The van der Waals surface area contributed by atoms with Gasteiger partial charge in [-0.2, -0.15) is 0 Å². The molecule has 40 heavy (non-hydrogen) atoms. The van der Waals surface area contributed by atoms with Crippen LogP contribution in [0.5, 0.6) is 0 Å². The van der Waals surface area contributed by atoms with Gasteiger partial charge in [0.2, 0.25) is 5.91 Å². The molecule has 1 aromatic heterocycles. The van der Waals surface area contributed by atoms with Crippen molar-refractivity contribution in [3.63, 3.8) is 0 Å². The molecule has 1 aliphatic heterocycles. The molecule has 9 heteroatoms. The lowest BCUT2D eigenvalue weighted by molar-refractivity contribution is -0.119. The number of carbonyl (C=O) groups is 1. The summed E-state index contributed by atoms with van der Waals surface area (Å²) in [5.41, 5.74) is 11.4. The van der Waals surface area contributed by atoms with Gasteiger partial charge in [0.05, 0.1) is 17.6 Å². The van der Waals surface area contributed by atoms with Gasteiger partial charge in [-0.3, -0.25) is 15.1 Å². The average molecular weight is 603 g/mol. The maximum Gasteiger partial charge on any atom is 0.240 e. The van der Waals surface area contributed by atoms with E-state index in [4.69, 9.17) is 16.1 Å². The van der Waals surface area contributed by atoms with Crippen molar-refractivity contribution in [2.24, 2.45) is 12.8 Å². The zero-order valence-corrected chi connectivity index (χ0v) is 24.6. The number of carbonyl (C=O) groups excluding carboxylic acids is 1. The van der Waals surface area contributed by atoms with E-state index < -0.39 is 0 Å². The largest absolute Gasteiger partial charge is 0.384 e. The molecular formula is C31H36BrN7O. The molecule has 2 heterocycles. The van der Waals surface area contributed by atoms with E-state index in [1.807, 2.05) is 74.8 Å². The van der Waals surface area contributed by atoms with E-state index in [2.05, 4.69) is 36.8 Å². The molecule has 0 unspecified atom stereocenters. The lowest BCUT2D eigenvalue weighted by Gasteiger charge is -2.33. The Morgan fingerprint density at radius 1 is 1.10 bits per heavy atom. The summed E-state index contributed by atoms with van der Waals surface area (Å²) in [4.78, 5) is 22.1. The van der Waals surface area contributed by atoms with Crippen molar-refractivity contribution in [1.29, 1.82) is 5.41 Å². The van der Waals surface area contributed by atoms with E-state index in [0.29, 0.717) is 12.6 Å². The van der Waals surface area contributed by atoms with E-state index in [1.165, 1.54) is 5.56 Å². The summed E-state index contributed by atoms with van der Waals surface area (Å²) < 4.78 is 3.20. The Kier molecular flexibility index (Phi) is 8.52. The molecule has 0 saturated carbocycles. The number of fused-ring (bicyclic) bond motifs is 1. The standard InChI is InChI=1S/C31H36BrN7O/c1-37(30(40)20-39-17-15-23(16-18-39)35-26-6-4-3-5-25(26)32)24-12-13-28-27(19-24)36-29(38(28)2)14-9-21-7-10-22(11-8-21)31(33)34/h3-8,10-13,19,23,35H,9,14-18,20H2,1-2H3,(H3,33,34). The van der Waals surface area contributed by atoms with Gasteiger partial charge >= 0.3 is 0 Å². The predicted molar refractivity (Wildman–Crippen MR) is 166 cm³/mol. The van der Waals surface area contributed by atoms with Crippen LogP contribution in [0, 0.1) is 5.41 Å². The van der Waals surface area contributed by atoms with Gasteiger partial charge in [-0.25, -0.2) is 4.98 Å². The molecule has 4 aromatic rings. The quantitative estimate of drug-likeness (QED) is 0.186. The molecule has 8 nitrogen and oxygen atoms in total. The van der Waals surface area contributed by atoms with Crippen molar-refractivity contribution in [2.75, 3.05) is 36.9 Å². The molecule has 1 fully saturated rings. The number of benzene rings is 3. The fraction of sp³-hybridized carbons (Fsp3) is 0.323. The Bertz CT molecular complexity index is 1510. The number of nitrogens with two attached hydrogens (primary N) is 1. The Hall–Kier alpha value is -3.69. The third kappa shape index (κ3) is 6.37. The monoisotopic (exact) mass is 601 g/mol. The number of amidine groups is 1. The molecule has 1 saturated heterocycles. The smallest absolute Gasteiger partial charge is 0.240 e. The van der Waals surface area contributed by atoms with Gasteiger partial charge < -0.3 is 20.5 Å². The number of amides is 1. The van der Waals surface area contributed by atoms with Gasteiger partial charge in [-0.05, 0) is 71.1 Å². The fourth-order valence-electron chi connectivity index (χ4n) is 5.25. The fourth-order valence-corrected chi connectivity index (χ4v) is 5.65. The number of nitrogens with one attached hydrogen (secondary N) is 2. The van der Waals surface area contributed by atoms with Gasteiger partial charge in [0.15, 0.2) is 0 Å². The number of rotatable bonds is 9. The minimum atomic E-state index is 0.0791. The first-order chi connectivity index (χ1) is 19.3. The first-order valence-electron chi connectivity index (χ1n) is 13.7. The summed E-state index contributed by atoms with van der Waals surface area (Å²) in [6, 6.07) is 22.4. The summed E-state index contributed by atoms with van der Waals surface area (Å²) in [6.45, 7) is 2.19. The zero-order valence-electron chi connectivity index (χ0n) is 23.0. The number of nitrogen functional groups attached to an aromatic ring is 1. The van der Waals surface area contributed by atoms with Crippen molar-refractivity contribution in [1.82, 2.24) is 14.5 Å². The molecule has 3 aromatic carbocycles. The van der Waals surface area contributed by atoms with E-state index in [9.17, 15) is 4.79 Å². The molecule has 4 N–H and O–H groups in total. The predicted octanol–water partition coefficient (Wildman–Crippen LogP) is 4.94. The van der Waals surface area contributed by atoms with Crippen molar-refractivity contribution >= 4 is 50.1 Å². The van der Waals surface area contributed by atoms with Crippen LogP contribution in [0.3, 0.4) is 0 Å². The summed E-state index contributed by atoms with van der Waals surface area (Å²) in [5, 5.41) is 11.2. The van der Waals surface area contributed by atoms with Crippen molar-refractivity contribution in [2.45, 2.75) is 31.7 Å². The summed E-state index contributed by atoms with van der Waals surface area (Å²) in [7, 11) is 3.88. The molecule has 0 radical (unpaired) electrons. The van der Waals surface area contributed by atoms with Crippen molar-refractivity contribution in [3.05, 3.63) is 88.2 Å². The Morgan fingerprint density at radius 3 is 2.52 bits per heavy atom. The number of imidazole rings is 1. The maximum atomic E-state index is 13.2. The maximum absolute atomic E-state index is 13.2. The normalized spacial score (nSPS) is 14.4. The third-order valence-corrected chi connectivity index (χ3v) is 8.49. The lowest BCUT2D eigenvalue weighted by Crippen LogP contribution is -2.44. The molecule has 1 amide bonds. The summed E-state index contributed by atoms with van der Waals surface area (Å²) >= 11 is 3.61. The Labute approximate surface area is 243 Å². The van der Waals surface area contributed by atoms with E-state index in [1.54, 1.807) is 4.90 Å². The topological polar surface area (TPSA) is 103 Å². The highest BCUT2D eigenvalue weighted by atomic mass is 79.9. The number of hydrogen-bond donors (Lipinski definition) is 3. The van der Waals surface area contributed by atoms with Crippen LogP contribution in [0.2, 0.25) is 0 Å². The number of likely N-dealkylation sites (N-methyl/N-ethyl adjacent to an activating group) is 1. The number of aryl methyl sites for hydroxylation is 3. The molecule has 208 valence electrons. The van der Waals surface area contributed by atoms with Crippen LogP contribution in [-0.4, -0.2) is 58.9 Å². The van der Waals surface area contributed by atoms with Crippen LogP contribution in [-0.2, 0) is 24.7 Å². The van der Waals surface area contributed by atoms with Crippen LogP contribution in [0.25, 0.3) is 11.0 Å². The molecule has 0 spiro atoms. The van der Waals surface area contributed by atoms with Crippen LogP contribution in [0.4, 0.5) is 11.4 Å². The van der Waals surface area contributed by atoms with Gasteiger partial charge in [-0.15, -0.1) is 0 Å². The first-order valence-corrected chi connectivity index (χ1v) is 14.5. The second-order valence-corrected chi connectivity index (χ2v) is 11.4. The van der Waals surface area contributed by atoms with E-state index in [-0.39, 0.29) is 11.7 Å². The number of anilines is 2. The van der Waals surface area contributed by atoms with Crippen molar-refractivity contribution in [3.8, 4) is 0 Å². The van der Waals surface area contributed by atoms with E-state index >= 15 is 0 Å². The van der Waals surface area contributed by atoms with Gasteiger partial charge in [-0.1, -0.05) is 36.4 Å². The highest BCUT2D eigenvalue weighted by Crippen LogP contribution is 2.26. The number of aromatic nitrogens is 2. The number of nitrogens with zero attached hydrogens (tertiary/aromatic N) is 4. The van der Waals surface area contributed by atoms with Crippen molar-refractivity contribution < 1.29 is 4.79 Å². The highest BCUT2D eigenvalue weighted by Gasteiger charge is 2.23. The number of halogens is 1. The second-order valence-electron chi connectivity index (χ2n) is 10.5. The first kappa shape index (κ1) is 27.9. The molecular weight excluding hydrogens is 566 g/mol. The van der Waals surface area contributed by atoms with Crippen LogP contribution < -0.4 is 16.0 Å². The van der Waals surface area contributed by atoms with Gasteiger partial charge in [0.25, 0.3) is 0 Å². The number of piperidine rings is 1. The number of likely N-dealkylation sites (tertiary alicyclic amines) is 1. The second kappa shape index (κ2) is 12.2. The minimum Gasteiger partial charge on any atom is -0.384 e. The molecule has 0 atom stereocenters. The van der Waals surface area contributed by atoms with Gasteiger partial charge in [0, 0.05) is 61.1 Å². The summed E-state index contributed by atoms with van der Waals surface area (Å²) in [5.74, 6) is 1.16. The van der Waals surface area contributed by atoms with Crippen LogP contribution in [0.1, 0.15) is 29.8 Å². The van der Waals surface area contributed by atoms with Crippen LogP contribution in [0.15, 0.2) is 71.2 Å². The minimum absolute atomic E-state index is 0.0791. The SMILES string of the molecule is CN(C(=O)CN1CCC(Nc2ccccc2Br)CC1)c1ccc2c(c1)nc(CCc1ccc(C(=N)N)cc1)n2C. The highest BCUT2D eigenvalue weighted by molar-refractivity contribution is 9.10. The third-order valence-electron chi connectivity index (χ3n) is 7.80. The Morgan fingerprint density at radius 2 is 1.82 bits per heavy atom. The lowest BCUT2D eigenvalue weighted by atomic mass is 10.0. The van der Waals surface area contributed by atoms with Crippen LogP contribution >= 0.6 is 15.9 Å². The molecule has 0 bridgehead atoms. The number of hydrogen-bond acceptors (Lipinski definition) is 5. The Balaban J connectivity index is 1.16. The van der Waals surface area contributed by atoms with Gasteiger partial charge in [0.1, 0.15) is 11.7 Å². The molecule has 1 aliphatic rings. The summed E-state index contributed by atoms with van der Waals surface area (Å²) in [6.07, 6.45) is 3.64. The van der Waals surface area contributed by atoms with E-state index in [0.717, 1.165) is 77.0 Å². The average Bonchev–Trinajstić information content (AvgIpc) is 3.28. The number of para-hydroxylation sites is 1. The zero-order chi connectivity index (χ0) is 28.2. The molecule has 0 aliphatic carbocycles. The molecule has 5 rings (SSSR count).